The van der Waals surface area contributed by atoms with E-state index in [2.05, 4.69) is 15.0 Å². The molecule has 1 fully saturated rings. The number of hydrogen-bond acceptors (Lipinski definition) is 5. The van der Waals surface area contributed by atoms with E-state index in [1.807, 2.05) is 35.9 Å². The van der Waals surface area contributed by atoms with E-state index in [0.29, 0.717) is 5.56 Å². The first-order chi connectivity index (χ1) is 12.6. The molecular weight excluding hydrogens is 337 g/mol. The number of likely N-dealkylation sites (tertiary alicyclic amines) is 1. The van der Waals surface area contributed by atoms with Crippen molar-refractivity contribution in [1.29, 1.82) is 0 Å². The van der Waals surface area contributed by atoms with Gasteiger partial charge in [0.1, 0.15) is 31.0 Å². The highest BCUT2D eigenvalue weighted by atomic mass is 19.1. The summed E-state index contributed by atoms with van der Waals surface area (Å²) in [6.07, 6.45) is 2.29. The van der Waals surface area contributed by atoms with Gasteiger partial charge in [0, 0.05) is 19.4 Å². The lowest BCUT2D eigenvalue weighted by molar-refractivity contribution is 0.00774. The molecule has 3 heterocycles. The van der Waals surface area contributed by atoms with Crippen molar-refractivity contribution in [2.45, 2.75) is 18.9 Å². The van der Waals surface area contributed by atoms with E-state index in [4.69, 9.17) is 4.74 Å². The smallest absolute Gasteiger partial charge is 0.257 e. The van der Waals surface area contributed by atoms with Crippen molar-refractivity contribution >= 4 is 16.9 Å². The Morgan fingerprint density at radius 3 is 2.81 bits per heavy atom. The van der Waals surface area contributed by atoms with E-state index < -0.39 is 12.3 Å². The number of amides is 1. The van der Waals surface area contributed by atoms with Crippen molar-refractivity contribution in [2.75, 3.05) is 13.1 Å². The number of carbonyl (C=O) groups is 1. The Bertz CT molecular complexity index is 930. The number of halogens is 1. The highest BCUT2D eigenvalue weighted by molar-refractivity contribution is 5.93. The molecule has 0 radical (unpaired) electrons. The first-order valence-corrected chi connectivity index (χ1v) is 8.34. The van der Waals surface area contributed by atoms with Crippen molar-refractivity contribution in [3.8, 4) is 0 Å². The molecule has 0 saturated carbocycles. The fourth-order valence-corrected chi connectivity index (χ4v) is 3.16. The maximum Gasteiger partial charge on any atom is 0.257 e. The first-order valence-electron chi connectivity index (χ1n) is 8.34. The molecule has 2 atom stereocenters. The molecule has 4 rings (SSSR count). The van der Waals surface area contributed by atoms with Gasteiger partial charge in [-0.1, -0.05) is 12.1 Å². The Kier molecular flexibility index (Phi) is 4.34. The van der Waals surface area contributed by atoms with Crippen molar-refractivity contribution in [2.24, 2.45) is 7.05 Å². The maximum atomic E-state index is 14.3. The van der Waals surface area contributed by atoms with Crippen molar-refractivity contribution in [1.82, 2.24) is 24.4 Å². The number of carbonyl (C=O) groups excluding carboxylic acids is 1. The molecule has 1 aliphatic rings. The second-order valence-electron chi connectivity index (χ2n) is 6.28. The number of hydrogen-bond donors (Lipinski definition) is 0. The molecule has 1 aliphatic heterocycles. The predicted octanol–water partition coefficient (Wildman–Crippen LogP) is 1.74. The fraction of sp³-hybridized carbons (Fsp3) is 0.333. The van der Waals surface area contributed by atoms with Gasteiger partial charge in [0.25, 0.3) is 5.91 Å². The van der Waals surface area contributed by atoms with E-state index in [9.17, 15) is 9.18 Å². The largest absolute Gasteiger partial charge is 0.365 e. The van der Waals surface area contributed by atoms with Crippen molar-refractivity contribution in [3.05, 3.63) is 54.4 Å². The van der Waals surface area contributed by atoms with Crippen LogP contribution in [0.25, 0.3) is 11.0 Å². The van der Waals surface area contributed by atoms with Gasteiger partial charge in [-0.25, -0.2) is 19.3 Å². The van der Waals surface area contributed by atoms with Gasteiger partial charge in [-0.3, -0.25) is 4.79 Å². The summed E-state index contributed by atoms with van der Waals surface area (Å²) >= 11 is 0. The molecule has 0 bridgehead atoms. The van der Waals surface area contributed by atoms with Crippen molar-refractivity contribution in [3.63, 3.8) is 0 Å². The highest BCUT2D eigenvalue weighted by Crippen LogP contribution is 2.21. The number of rotatable bonds is 4. The number of fused-ring (bicyclic) bond motifs is 1. The van der Waals surface area contributed by atoms with E-state index in [0.717, 1.165) is 16.9 Å². The summed E-state index contributed by atoms with van der Waals surface area (Å²) in [6, 6.07) is 7.77. The molecule has 7 nitrogen and oxygen atoms in total. The second-order valence-corrected chi connectivity index (χ2v) is 6.28. The zero-order valence-electron chi connectivity index (χ0n) is 14.2. The monoisotopic (exact) mass is 355 g/mol. The van der Waals surface area contributed by atoms with Crippen LogP contribution < -0.4 is 0 Å². The third-order valence-electron chi connectivity index (χ3n) is 4.60. The van der Waals surface area contributed by atoms with E-state index in [1.165, 1.54) is 23.6 Å². The number of aryl methyl sites for hydroxylation is 1. The fourth-order valence-electron chi connectivity index (χ4n) is 3.16. The van der Waals surface area contributed by atoms with Gasteiger partial charge in [0.2, 0.25) is 0 Å². The number of nitrogens with zero attached hydrogens (tertiary/aromatic N) is 5. The molecule has 0 spiro atoms. The molecule has 1 amide bonds. The van der Waals surface area contributed by atoms with Crippen LogP contribution in [0, 0.1) is 0 Å². The SMILES string of the molecule is Cn1c(COC2CN(C(=O)c3cncnc3)CC2F)nc2ccccc21. The summed E-state index contributed by atoms with van der Waals surface area (Å²) in [5.74, 6) is 0.432. The Balaban J connectivity index is 1.42. The maximum absolute atomic E-state index is 14.3. The molecule has 3 aromatic rings. The minimum Gasteiger partial charge on any atom is -0.365 e. The van der Waals surface area contributed by atoms with Gasteiger partial charge in [0.15, 0.2) is 0 Å². The summed E-state index contributed by atoms with van der Waals surface area (Å²) in [7, 11) is 1.90. The number of aromatic nitrogens is 4. The lowest BCUT2D eigenvalue weighted by Gasteiger charge is -2.16. The molecule has 0 N–H and O–H groups in total. The third-order valence-corrected chi connectivity index (χ3v) is 4.60. The molecule has 1 aromatic carbocycles. The Morgan fingerprint density at radius 1 is 1.27 bits per heavy atom. The van der Waals surface area contributed by atoms with Gasteiger partial charge >= 0.3 is 0 Å². The molecule has 26 heavy (non-hydrogen) atoms. The summed E-state index contributed by atoms with van der Waals surface area (Å²) in [5, 5.41) is 0. The zero-order valence-corrected chi connectivity index (χ0v) is 14.2. The molecule has 2 unspecified atom stereocenters. The Labute approximate surface area is 149 Å². The van der Waals surface area contributed by atoms with Crippen LogP contribution in [0.2, 0.25) is 0 Å². The average molecular weight is 355 g/mol. The minimum absolute atomic E-state index is 0.000928. The topological polar surface area (TPSA) is 73.1 Å². The lowest BCUT2D eigenvalue weighted by atomic mass is 10.3. The second kappa shape index (κ2) is 6.80. The van der Waals surface area contributed by atoms with E-state index >= 15 is 0 Å². The summed E-state index contributed by atoms with van der Waals surface area (Å²) in [6.45, 7) is 0.381. The molecular formula is C18H18FN5O2. The molecule has 2 aromatic heterocycles. The van der Waals surface area contributed by atoms with Crippen LogP contribution in [0.15, 0.2) is 43.0 Å². The number of ether oxygens (including phenoxy) is 1. The number of imidazole rings is 1. The molecule has 0 aliphatic carbocycles. The summed E-state index contributed by atoms with van der Waals surface area (Å²) in [5.41, 5.74) is 2.21. The van der Waals surface area contributed by atoms with Crippen LogP contribution in [-0.4, -0.2) is 55.7 Å². The molecule has 1 saturated heterocycles. The normalized spacial score (nSPS) is 20.0. The van der Waals surface area contributed by atoms with Crippen LogP contribution in [0.3, 0.4) is 0 Å². The quantitative estimate of drug-likeness (QED) is 0.713. The van der Waals surface area contributed by atoms with Crippen LogP contribution in [0.5, 0.6) is 0 Å². The van der Waals surface area contributed by atoms with Crippen LogP contribution in [-0.2, 0) is 18.4 Å². The zero-order chi connectivity index (χ0) is 18.1. The van der Waals surface area contributed by atoms with Gasteiger partial charge in [-0.05, 0) is 12.1 Å². The van der Waals surface area contributed by atoms with Crippen LogP contribution in [0.1, 0.15) is 16.2 Å². The van der Waals surface area contributed by atoms with Gasteiger partial charge in [-0.15, -0.1) is 0 Å². The highest BCUT2D eigenvalue weighted by Gasteiger charge is 2.36. The standard InChI is InChI=1S/C18H18FN5O2/c1-23-15-5-3-2-4-14(15)22-17(23)10-26-16-9-24(8-13(16)19)18(25)12-6-20-11-21-7-12/h2-7,11,13,16H,8-10H2,1H3. The number of alkyl halides is 1. The molecule has 8 heteroatoms. The molecule has 134 valence electrons. The number of para-hydroxylation sites is 2. The van der Waals surface area contributed by atoms with Crippen LogP contribution in [0.4, 0.5) is 4.39 Å². The van der Waals surface area contributed by atoms with E-state index in [1.54, 1.807) is 0 Å². The first kappa shape index (κ1) is 16.6. The Hall–Kier alpha value is -2.87. The summed E-state index contributed by atoms with van der Waals surface area (Å²) in [4.78, 5) is 26.0. The summed E-state index contributed by atoms with van der Waals surface area (Å²) < 4.78 is 22.0. The average Bonchev–Trinajstić information content (AvgIpc) is 3.20. The van der Waals surface area contributed by atoms with Crippen LogP contribution >= 0.6 is 0 Å². The predicted molar refractivity (Wildman–Crippen MR) is 92.1 cm³/mol. The van der Waals surface area contributed by atoms with Gasteiger partial charge in [0.05, 0.1) is 29.7 Å². The van der Waals surface area contributed by atoms with E-state index in [-0.39, 0.29) is 25.6 Å². The minimum atomic E-state index is -1.24. The third kappa shape index (κ3) is 3.03. The Morgan fingerprint density at radius 2 is 2.04 bits per heavy atom. The van der Waals surface area contributed by atoms with Crippen molar-refractivity contribution < 1.29 is 13.9 Å². The van der Waals surface area contributed by atoms with Gasteiger partial charge < -0.3 is 14.2 Å². The lowest BCUT2D eigenvalue weighted by Crippen LogP contribution is -2.30. The van der Waals surface area contributed by atoms with Gasteiger partial charge in [-0.2, -0.15) is 0 Å². The number of benzene rings is 1.